The molecule has 0 bridgehead atoms. The summed E-state index contributed by atoms with van der Waals surface area (Å²) in [6.07, 6.45) is 0. The van der Waals surface area contributed by atoms with Crippen LogP contribution in [0.15, 0.2) is 78.9 Å². The highest BCUT2D eigenvalue weighted by molar-refractivity contribution is 6.00. The van der Waals surface area contributed by atoms with Gasteiger partial charge in [-0.3, -0.25) is 0 Å². The quantitative estimate of drug-likeness (QED) is 0.570. The third-order valence-corrected chi connectivity index (χ3v) is 4.09. The predicted molar refractivity (Wildman–Crippen MR) is 101 cm³/mol. The Morgan fingerprint density at radius 1 is 0.720 bits per heavy atom. The van der Waals surface area contributed by atoms with Crippen LogP contribution in [-0.4, -0.2) is 17.3 Å². The lowest BCUT2D eigenvalue weighted by Gasteiger charge is -2.11. The average Bonchev–Trinajstić information content (AvgIpc) is 2.69. The van der Waals surface area contributed by atoms with Crippen molar-refractivity contribution in [2.75, 3.05) is 12.4 Å². The summed E-state index contributed by atoms with van der Waals surface area (Å²) in [5.74, 6) is 1.56. The second kappa shape index (κ2) is 6.61. The second-order valence-corrected chi connectivity index (χ2v) is 5.66. The predicted octanol–water partition coefficient (Wildman–Crippen LogP) is 5.05. The molecule has 0 atom stereocenters. The van der Waals surface area contributed by atoms with Crippen LogP contribution < -0.4 is 10.1 Å². The van der Waals surface area contributed by atoms with Crippen molar-refractivity contribution in [3.05, 3.63) is 78.9 Å². The van der Waals surface area contributed by atoms with E-state index >= 15 is 0 Å². The first kappa shape index (κ1) is 15.1. The molecule has 0 aliphatic rings. The zero-order valence-corrected chi connectivity index (χ0v) is 13.8. The fourth-order valence-corrected chi connectivity index (χ4v) is 2.82. The molecule has 0 aliphatic carbocycles. The molecule has 0 radical (unpaired) electrons. The number of hydrogen-bond donors (Lipinski definition) is 1. The van der Waals surface area contributed by atoms with E-state index < -0.39 is 0 Å². The Morgan fingerprint density at radius 3 is 2.12 bits per heavy atom. The van der Waals surface area contributed by atoms with E-state index in [0.29, 0.717) is 0 Å². The Hall–Kier alpha value is -3.40. The van der Waals surface area contributed by atoms with Crippen LogP contribution in [0.2, 0.25) is 0 Å². The molecule has 3 aromatic carbocycles. The Balaban J connectivity index is 1.78. The number of anilines is 2. The van der Waals surface area contributed by atoms with E-state index in [0.717, 1.165) is 39.3 Å². The van der Waals surface area contributed by atoms with E-state index in [1.54, 1.807) is 7.11 Å². The Morgan fingerprint density at radius 2 is 1.40 bits per heavy atom. The maximum atomic E-state index is 5.20. The van der Waals surface area contributed by atoms with Crippen LogP contribution in [0, 0.1) is 0 Å². The summed E-state index contributed by atoms with van der Waals surface area (Å²) in [7, 11) is 1.66. The van der Waals surface area contributed by atoms with E-state index in [-0.39, 0.29) is 0 Å². The fourth-order valence-electron chi connectivity index (χ4n) is 2.82. The maximum absolute atomic E-state index is 5.20. The van der Waals surface area contributed by atoms with Gasteiger partial charge in [-0.25, -0.2) is 0 Å². The molecule has 0 saturated heterocycles. The van der Waals surface area contributed by atoms with Crippen LogP contribution >= 0.6 is 0 Å². The lowest BCUT2D eigenvalue weighted by atomic mass is 10.0. The lowest BCUT2D eigenvalue weighted by molar-refractivity contribution is 0.415. The number of hydrogen-bond acceptors (Lipinski definition) is 4. The van der Waals surface area contributed by atoms with Gasteiger partial charge >= 0.3 is 0 Å². The van der Waals surface area contributed by atoms with Crippen molar-refractivity contribution in [3.8, 4) is 17.0 Å². The van der Waals surface area contributed by atoms with E-state index in [2.05, 4.69) is 27.6 Å². The number of methoxy groups -OCH3 is 1. The number of nitrogens with zero attached hydrogens (tertiary/aromatic N) is 2. The van der Waals surface area contributed by atoms with E-state index in [9.17, 15) is 0 Å². The topological polar surface area (TPSA) is 47.0 Å². The van der Waals surface area contributed by atoms with Gasteiger partial charge in [-0.2, -0.15) is 0 Å². The van der Waals surface area contributed by atoms with Gasteiger partial charge in [-0.05, 0) is 24.3 Å². The zero-order chi connectivity index (χ0) is 17.1. The molecule has 0 amide bonds. The number of fused-ring (bicyclic) bond motifs is 1. The van der Waals surface area contributed by atoms with Gasteiger partial charge < -0.3 is 10.1 Å². The third kappa shape index (κ3) is 3.02. The second-order valence-electron chi connectivity index (χ2n) is 5.66. The van der Waals surface area contributed by atoms with Crippen molar-refractivity contribution in [1.29, 1.82) is 0 Å². The van der Waals surface area contributed by atoms with Crippen LogP contribution in [-0.2, 0) is 0 Å². The van der Waals surface area contributed by atoms with Crippen LogP contribution in [0.3, 0.4) is 0 Å². The monoisotopic (exact) mass is 327 g/mol. The molecule has 4 rings (SSSR count). The molecule has 0 fully saturated rings. The molecule has 4 heteroatoms. The molecule has 1 aromatic heterocycles. The van der Waals surface area contributed by atoms with E-state index in [1.165, 1.54) is 0 Å². The van der Waals surface area contributed by atoms with Gasteiger partial charge in [0.1, 0.15) is 11.4 Å². The molecule has 1 heterocycles. The Labute approximate surface area is 146 Å². The van der Waals surface area contributed by atoms with E-state index in [4.69, 9.17) is 4.74 Å². The summed E-state index contributed by atoms with van der Waals surface area (Å²) >= 11 is 0. The number of rotatable bonds is 4. The largest absolute Gasteiger partial charge is 0.497 e. The first-order chi connectivity index (χ1) is 12.3. The highest BCUT2D eigenvalue weighted by Gasteiger charge is 2.10. The SMILES string of the molecule is COc1ccc(Nc2nnc(-c3ccccc3)c3ccccc23)cc1. The van der Waals surface area contributed by atoms with Crippen molar-refractivity contribution >= 4 is 22.3 Å². The summed E-state index contributed by atoms with van der Waals surface area (Å²) < 4.78 is 5.20. The van der Waals surface area contributed by atoms with Gasteiger partial charge in [0.15, 0.2) is 5.82 Å². The fraction of sp³-hybridized carbons (Fsp3) is 0.0476. The average molecular weight is 327 g/mol. The van der Waals surface area contributed by atoms with Gasteiger partial charge in [0, 0.05) is 22.0 Å². The third-order valence-electron chi connectivity index (χ3n) is 4.09. The van der Waals surface area contributed by atoms with Gasteiger partial charge in [-0.15, -0.1) is 10.2 Å². The molecular weight excluding hydrogens is 310 g/mol. The Kier molecular flexibility index (Phi) is 4.01. The first-order valence-corrected chi connectivity index (χ1v) is 8.07. The minimum Gasteiger partial charge on any atom is -0.497 e. The zero-order valence-electron chi connectivity index (χ0n) is 13.8. The van der Waals surface area contributed by atoms with Gasteiger partial charge in [0.05, 0.1) is 7.11 Å². The van der Waals surface area contributed by atoms with Crippen LogP contribution in [0.25, 0.3) is 22.0 Å². The Bertz CT molecular complexity index is 998. The summed E-state index contributed by atoms with van der Waals surface area (Å²) in [6.45, 7) is 0. The highest BCUT2D eigenvalue weighted by atomic mass is 16.5. The minimum atomic E-state index is 0.737. The van der Waals surface area contributed by atoms with Crippen molar-refractivity contribution in [2.24, 2.45) is 0 Å². The first-order valence-electron chi connectivity index (χ1n) is 8.07. The molecule has 1 N–H and O–H groups in total. The summed E-state index contributed by atoms with van der Waals surface area (Å²) in [4.78, 5) is 0. The lowest BCUT2D eigenvalue weighted by Crippen LogP contribution is -1.99. The molecular formula is C21H17N3O. The summed E-state index contributed by atoms with van der Waals surface area (Å²) in [5, 5.41) is 14.3. The maximum Gasteiger partial charge on any atom is 0.161 e. The van der Waals surface area contributed by atoms with Crippen LogP contribution in [0.4, 0.5) is 11.5 Å². The molecule has 4 aromatic rings. The molecule has 4 nitrogen and oxygen atoms in total. The van der Waals surface area contributed by atoms with Crippen molar-refractivity contribution in [3.63, 3.8) is 0 Å². The smallest absolute Gasteiger partial charge is 0.161 e. The molecule has 0 saturated carbocycles. The molecule has 0 unspecified atom stereocenters. The molecule has 122 valence electrons. The highest BCUT2D eigenvalue weighted by Crippen LogP contribution is 2.31. The van der Waals surface area contributed by atoms with Gasteiger partial charge in [0.2, 0.25) is 0 Å². The number of nitrogens with one attached hydrogen (secondary N) is 1. The number of aromatic nitrogens is 2. The number of ether oxygens (including phenoxy) is 1. The number of benzene rings is 3. The van der Waals surface area contributed by atoms with Crippen molar-refractivity contribution in [2.45, 2.75) is 0 Å². The summed E-state index contributed by atoms with van der Waals surface area (Å²) in [6, 6.07) is 26.0. The minimum absolute atomic E-state index is 0.737. The van der Waals surface area contributed by atoms with Crippen molar-refractivity contribution in [1.82, 2.24) is 10.2 Å². The molecule has 25 heavy (non-hydrogen) atoms. The standard InChI is InChI=1S/C21H17N3O/c1-25-17-13-11-16(12-14-17)22-21-19-10-6-5-9-18(19)20(23-24-21)15-7-3-2-4-8-15/h2-14H,1H3,(H,22,24). The van der Waals surface area contributed by atoms with Crippen LogP contribution in [0.1, 0.15) is 0 Å². The van der Waals surface area contributed by atoms with Crippen LogP contribution in [0.5, 0.6) is 5.75 Å². The normalized spacial score (nSPS) is 10.6. The van der Waals surface area contributed by atoms with Gasteiger partial charge in [-0.1, -0.05) is 54.6 Å². The summed E-state index contributed by atoms with van der Waals surface area (Å²) in [5.41, 5.74) is 2.88. The van der Waals surface area contributed by atoms with Gasteiger partial charge in [0.25, 0.3) is 0 Å². The molecule has 0 aliphatic heterocycles. The molecule has 0 spiro atoms. The van der Waals surface area contributed by atoms with Crippen molar-refractivity contribution < 1.29 is 4.74 Å². The van der Waals surface area contributed by atoms with E-state index in [1.807, 2.05) is 66.7 Å².